The summed E-state index contributed by atoms with van der Waals surface area (Å²) in [5, 5.41) is 12.1. The van der Waals surface area contributed by atoms with Crippen LogP contribution in [0.3, 0.4) is 0 Å². The topological polar surface area (TPSA) is 61.8 Å². The molecule has 0 bridgehead atoms. The molecule has 0 amide bonds. The first kappa shape index (κ1) is 13.6. The number of rotatable bonds is 4. The number of amidine groups is 1. The van der Waals surface area contributed by atoms with Crippen LogP contribution >= 0.6 is 11.6 Å². The van der Waals surface area contributed by atoms with Crippen molar-refractivity contribution in [2.45, 2.75) is 13.8 Å². The molecule has 4 nitrogen and oxygen atoms in total. The second-order valence-electron chi connectivity index (χ2n) is 4.43. The van der Waals surface area contributed by atoms with Crippen LogP contribution in [0.5, 0.6) is 0 Å². The minimum Gasteiger partial charge on any atom is -0.409 e. The minimum absolute atomic E-state index is 0.0602. The number of nitrogens with zero attached hydrogens (tertiary/aromatic N) is 2. The second kappa shape index (κ2) is 5.77. The predicted molar refractivity (Wildman–Crippen MR) is 72.1 cm³/mol. The third-order valence-corrected chi connectivity index (χ3v) is 2.70. The lowest BCUT2D eigenvalue weighted by molar-refractivity contribution is 0.318. The van der Waals surface area contributed by atoms with E-state index in [9.17, 15) is 0 Å². The van der Waals surface area contributed by atoms with E-state index in [4.69, 9.17) is 22.5 Å². The predicted octanol–water partition coefficient (Wildman–Crippen LogP) is 2.53. The molecule has 0 unspecified atom stereocenters. The zero-order valence-electron chi connectivity index (χ0n) is 10.3. The lowest BCUT2D eigenvalue weighted by Crippen LogP contribution is -2.23. The highest BCUT2D eigenvalue weighted by atomic mass is 35.5. The van der Waals surface area contributed by atoms with E-state index >= 15 is 0 Å². The molecule has 0 atom stereocenters. The van der Waals surface area contributed by atoms with E-state index in [1.807, 2.05) is 13.1 Å². The van der Waals surface area contributed by atoms with Gasteiger partial charge >= 0.3 is 0 Å². The highest BCUT2D eigenvalue weighted by Gasteiger charge is 2.09. The normalized spacial score (nSPS) is 11.9. The zero-order valence-corrected chi connectivity index (χ0v) is 11.1. The van der Waals surface area contributed by atoms with Crippen LogP contribution in [0.2, 0.25) is 5.02 Å². The summed E-state index contributed by atoms with van der Waals surface area (Å²) in [6.07, 6.45) is 0. The molecular formula is C12H18ClN3O. The van der Waals surface area contributed by atoms with Gasteiger partial charge in [0.15, 0.2) is 5.84 Å². The fraction of sp³-hybridized carbons (Fsp3) is 0.417. The van der Waals surface area contributed by atoms with E-state index < -0.39 is 0 Å². The van der Waals surface area contributed by atoms with Crippen molar-refractivity contribution in [3.05, 3.63) is 28.8 Å². The van der Waals surface area contributed by atoms with E-state index in [1.165, 1.54) is 0 Å². The van der Waals surface area contributed by atoms with Crippen molar-refractivity contribution in [3.63, 3.8) is 0 Å². The Morgan fingerprint density at radius 3 is 2.65 bits per heavy atom. The molecule has 0 saturated heterocycles. The van der Waals surface area contributed by atoms with Crippen LogP contribution in [0, 0.1) is 5.92 Å². The van der Waals surface area contributed by atoms with Crippen LogP contribution in [0.25, 0.3) is 0 Å². The smallest absolute Gasteiger partial charge is 0.170 e. The standard InChI is InChI=1S/C12H18ClN3O/c1-8(2)7-16(3)11-5-4-9(6-10(11)13)12(14)15-17/h4-6,8,17H,7H2,1-3H3,(H2,14,15). The SMILES string of the molecule is CC(C)CN(C)c1ccc(C(N)=NO)cc1Cl. The summed E-state index contributed by atoms with van der Waals surface area (Å²) >= 11 is 6.17. The van der Waals surface area contributed by atoms with Crippen molar-refractivity contribution in [2.24, 2.45) is 16.8 Å². The van der Waals surface area contributed by atoms with E-state index in [1.54, 1.807) is 12.1 Å². The van der Waals surface area contributed by atoms with Gasteiger partial charge in [0.1, 0.15) is 0 Å². The van der Waals surface area contributed by atoms with Crippen LogP contribution in [0.1, 0.15) is 19.4 Å². The molecule has 0 aliphatic rings. The molecule has 0 aliphatic heterocycles. The van der Waals surface area contributed by atoms with Crippen LogP contribution in [0.15, 0.2) is 23.4 Å². The fourth-order valence-electron chi connectivity index (χ4n) is 1.68. The summed E-state index contributed by atoms with van der Waals surface area (Å²) in [5.74, 6) is 0.616. The average Bonchev–Trinajstić information content (AvgIpc) is 2.26. The Kier molecular flexibility index (Phi) is 4.63. The molecule has 1 aromatic carbocycles. The molecule has 94 valence electrons. The van der Waals surface area contributed by atoms with Crippen LogP contribution in [0.4, 0.5) is 5.69 Å². The van der Waals surface area contributed by atoms with Crippen molar-refractivity contribution >= 4 is 23.1 Å². The number of hydrogen-bond donors (Lipinski definition) is 2. The molecule has 5 heteroatoms. The van der Waals surface area contributed by atoms with Gasteiger partial charge in [0.25, 0.3) is 0 Å². The molecule has 1 rings (SSSR count). The molecule has 0 saturated carbocycles. The van der Waals surface area contributed by atoms with E-state index in [-0.39, 0.29) is 5.84 Å². The van der Waals surface area contributed by atoms with Gasteiger partial charge in [-0.05, 0) is 24.1 Å². The first-order valence-corrected chi connectivity index (χ1v) is 5.82. The number of oxime groups is 1. The first-order chi connectivity index (χ1) is 7.95. The van der Waals surface area contributed by atoms with Crippen LogP contribution < -0.4 is 10.6 Å². The molecule has 0 aliphatic carbocycles. The molecule has 17 heavy (non-hydrogen) atoms. The monoisotopic (exact) mass is 255 g/mol. The van der Waals surface area contributed by atoms with E-state index in [0.717, 1.165) is 12.2 Å². The number of halogens is 1. The van der Waals surface area contributed by atoms with Crippen molar-refractivity contribution in [1.82, 2.24) is 0 Å². The number of nitrogens with two attached hydrogens (primary N) is 1. The molecule has 0 radical (unpaired) electrons. The van der Waals surface area contributed by atoms with E-state index in [0.29, 0.717) is 16.5 Å². The largest absolute Gasteiger partial charge is 0.409 e. The first-order valence-electron chi connectivity index (χ1n) is 5.44. The number of benzene rings is 1. The molecular weight excluding hydrogens is 238 g/mol. The van der Waals surface area contributed by atoms with Gasteiger partial charge in [0.05, 0.1) is 10.7 Å². The Morgan fingerprint density at radius 1 is 1.53 bits per heavy atom. The number of hydrogen-bond acceptors (Lipinski definition) is 3. The van der Waals surface area contributed by atoms with Crippen molar-refractivity contribution in [2.75, 3.05) is 18.5 Å². The maximum Gasteiger partial charge on any atom is 0.170 e. The highest BCUT2D eigenvalue weighted by Crippen LogP contribution is 2.26. The minimum atomic E-state index is 0.0602. The molecule has 3 N–H and O–H groups in total. The van der Waals surface area contributed by atoms with Gasteiger partial charge in [0, 0.05) is 19.2 Å². The summed E-state index contributed by atoms with van der Waals surface area (Å²) in [4.78, 5) is 2.09. The molecule has 0 fully saturated rings. The summed E-state index contributed by atoms with van der Waals surface area (Å²) < 4.78 is 0. The Morgan fingerprint density at radius 2 is 2.18 bits per heavy atom. The van der Waals surface area contributed by atoms with Crippen LogP contribution in [-0.2, 0) is 0 Å². The van der Waals surface area contributed by atoms with Gasteiger partial charge in [-0.25, -0.2) is 0 Å². The Labute approximate surface area is 107 Å². The lowest BCUT2D eigenvalue weighted by Gasteiger charge is -2.22. The highest BCUT2D eigenvalue weighted by molar-refractivity contribution is 6.33. The lowest BCUT2D eigenvalue weighted by atomic mass is 10.1. The molecule has 1 aromatic rings. The quantitative estimate of drug-likeness (QED) is 0.376. The van der Waals surface area contributed by atoms with Gasteiger partial charge in [-0.2, -0.15) is 0 Å². The Balaban J connectivity index is 2.97. The number of anilines is 1. The maximum atomic E-state index is 8.59. The van der Waals surface area contributed by atoms with Crippen LogP contribution in [-0.4, -0.2) is 24.6 Å². The maximum absolute atomic E-state index is 8.59. The summed E-state index contributed by atoms with van der Waals surface area (Å²) in [7, 11) is 1.99. The van der Waals surface area contributed by atoms with Crippen molar-refractivity contribution in [1.29, 1.82) is 0 Å². The Hall–Kier alpha value is -1.42. The molecule has 0 aromatic heterocycles. The van der Waals surface area contributed by atoms with Gasteiger partial charge in [-0.1, -0.05) is 30.6 Å². The third kappa shape index (κ3) is 3.53. The molecule has 0 heterocycles. The molecule has 0 spiro atoms. The third-order valence-electron chi connectivity index (χ3n) is 2.40. The van der Waals surface area contributed by atoms with Gasteiger partial charge in [0.2, 0.25) is 0 Å². The van der Waals surface area contributed by atoms with Gasteiger partial charge in [-0.15, -0.1) is 0 Å². The summed E-state index contributed by atoms with van der Waals surface area (Å²) in [5.41, 5.74) is 7.05. The Bertz CT molecular complexity index is 418. The van der Waals surface area contributed by atoms with Gasteiger partial charge in [-0.3, -0.25) is 0 Å². The second-order valence-corrected chi connectivity index (χ2v) is 4.83. The van der Waals surface area contributed by atoms with Crippen molar-refractivity contribution in [3.8, 4) is 0 Å². The van der Waals surface area contributed by atoms with Crippen molar-refractivity contribution < 1.29 is 5.21 Å². The zero-order chi connectivity index (χ0) is 13.0. The summed E-state index contributed by atoms with van der Waals surface area (Å²) in [6.45, 7) is 5.22. The van der Waals surface area contributed by atoms with Gasteiger partial charge < -0.3 is 15.8 Å². The average molecular weight is 256 g/mol. The van der Waals surface area contributed by atoms with E-state index in [2.05, 4.69) is 23.9 Å². The fourth-order valence-corrected chi connectivity index (χ4v) is 2.00. The summed E-state index contributed by atoms with van der Waals surface area (Å²) in [6, 6.07) is 5.36.